The summed E-state index contributed by atoms with van der Waals surface area (Å²) >= 11 is 1.36. The number of aromatic nitrogens is 3. The number of ether oxygens (including phenoxy) is 2. The summed E-state index contributed by atoms with van der Waals surface area (Å²) in [5.41, 5.74) is 2.38. The Morgan fingerprint density at radius 3 is 2.19 bits per heavy atom. The number of nitrogens with zero attached hydrogens (tertiary/aromatic N) is 2. The van der Waals surface area contributed by atoms with Crippen LogP contribution in [0.4, 0.5) is 32.0 Å². The van der Waals surface area contributed by atoms with E-state index in [-0.39, 0.29) is 22.8 Å². The number of hydrogen-bond donors (Lipinski definition) is 4. The Morgan fingerprint density at radius 1 is 0.930 bits per heavy atom. The van der Waals surface area contributed by atoms with E-state index < -0.39 is 25.6 Å². The third-order valence-corrected chi connectivity index (χ3v) is 6.22. The van der Waals surface area contributed by atoms with E-state index in [1.54, 1.807) is 36.7 Å². The van der Waals surface area contributed by atoms with Gasteiger partial charge in [0.2, 0.25) is 0 Å². The van der Waals surface area contributed by atoms with E-state index >= 15 is 0 Å². The summed E-state index contributed by atoms with van der Waals surface area (Å²) in [6.45, 7) is 1.80. The zero-order valence-corrected chi connectivity index (χ0v) is 22.5. The predicted octanol–water partition coefficient (Wildman–Crippen LogP) is 5.41. The number of rotatable bonds is 6. The molecule has 2 aromatic heterocycles. The van der Waals surface area contributed by atoms with Gasteiger partial charge in [-0.15, -0.1) is 37.7 Å². The normalized spacial score (nSPS) is 11.5. The van der Waals surface area contributed by atoms with Crippen LogP contribution in [0.5, 0.6) is 11.5 Å². The van der Waals surface area contributed by atoms with Gasteiger partial charge in [-0.25, -0.2) is 4.98 Å². The first-order valence-electron chi connectivity index (χ1n) is 12.0. The van der Waals surface area contributed by atoms with Crippen LogP contribution in [-0.2, 0) is 0 Å². The highest BCUT2D eigenvalue weighted by molar-refractivity contribution is 7.09. The van der Waals surface area contributed by atoms with Crippen molar-refractivity contribution in [3.05, 3.63) is 82.9 Å². The highest BCUT2D eigenvalue weighted by Crippen LogP contribution is 2.33. The van der Waals surface area contributed by atoms with Gasteiger partial charge in [0.05, 0.1) is 22.4 Å². The number of thiazole rings is 1. The number of anilines is 1. The number of carbonyl (C=O) groups is 1. The lowest BCUT2D eigenvalue weighted by Crippen LogP contribution is -2.30. The van der Waals surface area contributed by atoms with Crippen LogP contribution in [0.3, 0.4) is 0 Å². The van der Waals surface area contributed by atoms with Crippen LogP contribution in [0.15, 0.2) is 72.2 Å². The molecule has 4 N–H and O–H groups in total. The second-order valence-corrected chi connectivity index (χ2v) is 9.69. The van der Waals surface area contributed by atoms with Crippen molar-refractivity contribution in [3.8, 4) is 22.6 Å². The zero-order valence-electron chi connectivity index (χ0n) is 21.7. The largest absolute Gasteiger partial charge is 0.573 e. The minimum Gasteiger partial charge on any atom is -0.423 e. The molecule has 5 aromatic rings. The van der Waals surface area contributed by atoms with Crippen molar-refractivity contribution >= 4 is 46.4 Å². The number of fused-ring (bicyclic) bond motifs is 1. The number of amides is 1. The fraction of sp³-hybridized carbons (Fsp3) is 0.115. The first-order chi connectivity index (χ1) is 20.2. The van der Waals surface area contributed by atoms with Gasteiger partial charge in [-0.05, 0) is 59.9 Å². The average Bonchev–Trinajstić information content (AvgIpc) is 3.56. The molecule has 9 nitrogen and oxygen atoms in total. The molecular formula is C26H19BF6N4O5S. The lowest BCUT2D eigenvalue weighted by molar-refractivity contribution is -0.275. The van der Waals surface area contributed by atoms with Gasteiger partial charge in [-0.2, -0.15) is 5.10 Å². The Hall–Kier alpha value is -4.61. The molecule has 0 radical (unpaired) electrons. The molecule has 2 heterocycles. The molecule has 0 atom stereocenters. The first-order valence-corrected chi connectivity index (χ1v) is 12.8. The van der Waals surface area contributed by atoms with Crippen LogP contribution in [0.25, 0.3) is 22.0 Å². The van der Waals surface area contributed by atoms with Crippen LogP contribution < -0.4 is 20.3 Å². The minimum absolute atomic E-state index is 0.0632. The fourth-order valence-corrected chi connectivity index (χ4v) is 4.31. The topological polar surface area (TPSA) is 130 Å². The van der Waals surface area contributed by atoms with Crippen molar-refractivity contribution in [2.75, 3.05) is 5.32 Å². The Bertz CT molecular complexity index is 1720. The van der Waals surface area contributed by atoms with Crippen LogP contribution in [0.2, 0.25) is 0 Å². The van der Waals surface area contributed by atoms with Crippen molar-refractivity contribution in [1.29, 1.82) is 0 Å². The van der Waals surface area contributed by atoms with Gasteiger partial charge in [0.1, 0.15) is 17.2 Å². The first kappa shape index (κ1) is 31.3. The summed E-state index contributed by atoms with van der Waals surface area (Å²) in [6, 6.07) is 13.5. The van der Waals surface area contributed by atoms with Gasteiger partial charge in [0, 0.05) is 10.8 Å². The maximum absolute atomic E-state index is 12.5. The van der Waals surface area contributed by atoms with Crippen LogP contribution >= 0.6 is 11.3 Å². The molecule has 0 saturated carbocycles. The number of halogens is 6. The maximum atomic E-state index is 12.5. The number of H-pyrrole nitrogens is 1. The lowest BCUT2D eigenvalue weighted by atomic mass is 9.80. The third-order valence-electron chi connectivity index (χ3n) is 5.45. The lowest BCUT2D eigenvalue weighted by Gasteiger charge is -2.12. The standard InChI is InChI=1S/C19H13F3N4O2S.C7H6BF3O3/c1-10-24-17(9-29-10)18(27)25-15-6-12(7-16-14(15)8-23-26-16)11-3-2-4-13(5-11)28-19(20,21)22;9-7(10,11)14-6-3-1-2-5(4-6)8(12)13/h2-9H,1H3,(H,23,26)(H,25,27);1-4,12-13H. The molecule has 1 amide bonds. The summed E-state index contributed by atoms with van der Waals surface area (Å²) in [5, 5.41) is 30.0. The SMILES string of the molecule is Cc1nc(C(=O)Nc2cc(-c3cccc(OC(F)(F)F)c3)cc3[nH]ncc23)cs1.OB(O)c1cccc(OC(F)(F)F)c1. The van der Waals surface area contributed by atoms with Crippen molar-refractivity contribution in [2.45, 2.75) is 19.6 Å². The number of hydrogen-bond acceptors (Lipinski definition) is 8. The number of nitrogens with one attached hydrogen (secondary N) is 2. The second-order valence-electron chi connectivity index (χ2n) is 8.63. The maximum Gasteiger partial charge on any atom is 0.573 e. The molecule has 0 fully saturated rings. The molecule has 17 heteroatoms. The summed E-state index contributed by atoms with van der Waals surface area (Å²) in [7, 11) is -1.81. The molecule has 0 aliphatic rings. The summed E-state index contributed by atoms with van der Waals surface area (Å²) < 4.78 is 80.3. The quantitative estimate of drug-likeness (QED) is 0.147. The molecule has 0 unspecified atom stereocenters. The van der Waals surface area contributed by atoms with E-state index in [4.69, 9.17) is 10.0 Å². The zero-order chi connectivity index (χ0) is 31.4. The molecule has 0 aliphatic heterocycles. The van der Waals surface area contributed by atoms with Gasteiger partial charge < -0.3 is 24.8 Å². The number of alkyl halides is 6. The Labute approximate surface area is 242 Å². The van der Waals surface area contributed by atoms with Crippen LogP contribution in [0, 0.1) is 6.92 Å². The summed E-state index contributed by atoms with van der Waals surface area (Å²) in [6.07, 6.45) is -8.00. The van der Waals surface area contributed by atoms with Gasteiger partial charge in [-0.1, -0.05) is 24.3 Å². The molecule has 43 heavy (non-hydrogen) atoms. The van der Waals surface area contributed by atoms with Crippen LogP contribution in [-0.4, -0.2) is 51.0 Å². The smallest absolute Gasteiger partial charge is 0.423 e. The van der Waals surface area contributed by atoms with Gasteiger partial charge >= 0.3 is 19.8 Å². The Balaban J connectivity index is 0.000000255. The molecule has 0 spiro atoms. The van der Waals surface area contributed by atoms with E-state index in [1.165, 1.54) is 41.7 Å². The van der Waals surface area contributed by atoms with Gasteiger partial charge in [0.15, 0.2) is 0 Å². The number of aryl methyl sites for hydroxylation is 1. The van der Waals surface area contributed by atoms with Crippen molar-refractivity contribution in [3.63, 3.8) is 0 Å². The third kappa shape index (κ3) is 8.94. The Kier molecular flexibility index (Phi) is 9.27. The van der Waals surface area contributed by atoms with E-state index in [9.17, 15) is 31.1 Å². The van der Waals surface area contributed by atoms with Crippen molar-refractivity contribution in [1.82, 2.24) is 15.2 Å². The van der Waals surface area contributed by atoms with E-state index in [0.29, 0.717) is 27.7 Å². The van der Waals surface area contributed by atoms with Gasteiger partial charge in [0.25, 0.3) is 5.91 Å². The fourth-order valence-electron chi connectivity index (χ4n) is 3.72. The number of benzene rings is 3. The van der Waals surface area contributed by atoms with Crippen molar-refractivity contribution < 1.29 is 50.7 Å². The predicted molar refractivity (Wildman–Crippen MR) is 146 cm³/mol. The minimum atomic E-state index is -4.78. The highest BCUT2D eigenvalue weighted by atomic mass is 32.1. The molecule has 0 bridgehead atoms. The van der Waals surface area contributed by atoms with E-state index in [0.717, 1.165) is 17.1 Å². The van der Waals surface area contributed by atoms with Crippen LogP contribution in [0.1, 0.15) is 15.5 Å². The molecule has 5 rings (SSSR count). The van der Waals surface area contributed by atoms with E-state index in [1.807, 2.05) is 0 Å². The molecule has 224 valence electrons. The number of carbonyl (C=O) groups excluding carboxylic acids is 1. The van der Waals surface area contributed by atoms with E-state index in [2.05, 4.69) is 30.0 Å². The summed E-state index contributed by atoms with van der Waals surface area (Å²) in [4.78, 5) is 16.7. The monoisotopic (exact) mass is 624 g/mol. The number of aromatic amines is 1. The average molecular weight is 624 g/mol. The highest BCUT2D eigenvalue weighted by Gasteiger charge is 2.32. The second kappa shape index (κ2) is 12.7. The molecule has 0 saturated heterocycles. The Morgan fingerprint density at radius 2 is 1.58 bits per heavy atom. The van der Waals surface area contributed by atoms with Crippen molar-refractivity contribution in [2.24, 2.45) is 0 Å². The molecule has 0 aliphatic carbocycles. The molecule has 3 aromatic carbocycles. The summed E-state index contributed by atoms with van der Waals surface area (Å²) in [5.74, 6) is -1.20. The molecular weight excluding hydrogens is 605 g/mol. The van der Waals surface area contributed by atoms with Gasteiger partial charge in [-0.3, -0.25) is 9.89 Å².